The van der Waals surface area contributed by atoms with Crippen LogP contribution >= 0.6 is 0 Å². The van der Waals surface area contributed by atoms with E-state index in [1.807, 2.05) is 0 Å². The number of amides is 1. The number of halogens is 1. The van der Waals surface area contributed by atoms with Gasteiger partial charge in [0.2, 0.25) is 5.82 Å². The Morgan fingerprint density at radius 1 is 1.38 bits per heavy atom. The van der Waals surface area contributed by atoms with Crippen molar-refractivity contribution in [2.24, 2.45) is 11.8 Å². The predicted molar refractivity (Wildman–Crippen MR) is 76.5 cm³/mol. The maximum absolute atomic E-state index is 13.3. The van der Waals surface area contributed by atoms with Crippen molar-refractivity contribution in [3.63, 3.8) is 0 Å². The summed E-state index contributed by atoms with van der Waals surface area (Å²) in [5.74, 6) is -0.297. The van der Waals surface area contributed by atoms with E-state index in [0.29, 0.717) is 11.8 Å². The molecule has 0 bridgehead atoms. The fraction of sp³-hybridized carbons (Fsp3) is 0.533. The topological polar surface area (TPSA) is 72.2 Å². The summed E-state index contributed by atoms with van der Waals surface area (Å²) in [5, 5.41) is 13.6. The van der Waals surface area contributed by atoms with Crippen LogP contribution in [-0.4, -0.2) is 16.9 Å². The second kappa shape index (κ2) is 6.20. The van der Waals surface area contributed by atoms with Crippen LogP contribution in [0.3, 0.4) is 0 Å². The Bertz CT molecular complexity index is 562. The molecular weight excluding hydrogens is 275 g/mol. The quantitative estimate of drug-likeness (QED) is 0.686. The highest BCUT2D eigenvalue weighted by atomic mass is 19.1. The van der Waals surface area contributed by atoms with Gasteiger partial charge in [-0.25, -0.2) is 0 Å². The van der Waals surface area contributed by atoms with Crippen molar-refractivity contribution < 1.29 is 14.1 Å². The van der Waals surface area contributed by atoms with E-state index >= 15 is 0 Å². The molecule has 0 aromatic heterocycles. The van der Waals surface area contributed by atoms with Crippen LogP contribution in [0.2, 0.25) is 0 Å². The van der Waals surface area contributed by atoms with Crippen LogP contribution in [0.4, 0.5) is 10.1 Å². The van der Waals surface area contributed by atoms with Crippen LogP contribution in [0.25, 0.3) is 0 Å². The lowest BCUT2D eigenvalue weighted by Crippen LogP contribution is -2.42. The smallest absolute Gasteiger partial charge is 0.305 e. The minimum absolute atomic E-state index is 0.0674. The number of nitrogens with one attached hydrogen (secondary N) is 1. The second-order valence-corrected chi connectivity index (χ2v) is 5.90. The van der Waals surface area contributed by atoms with Gasteiger partial charge < -0.3 is 5.32 Å². The van der Waals surface area contributed by atoms with Gasteiger partial charge in [0.1, 0.15) is 0 Å². The summed E-state index contributed by atoms with van der Waals surface area (Å²) in [6, 6.07) is 3.28. The van der Waals surface area contributed by atoms with Crippen molar-refractivity contribution in [2.75, 3.05) is 0 Å². The molecule has 2 rings (SSSR count). The molecule has 1 N–H and O–H groups in total. The van der Waals surface area contributed by atoms with Crippen molar-refractivity contribution >= 4 is 11.6 Å². The van der Waals surface area contributed by atoms with Crippen molar-refractivity contribution in [1.29, 1.82) is 0 Å². The van der Waals surface area contributed by atoms with Crippen LogP contribution < -0.4 is 5.32 Å². The van der Waals surface area contributed by atoms with Gasteiger partial charge in [-0.15, -0.1) is 0 Å². The third-order valence-electron chi connectivity index (χ3n) is 4.15. The first-order chi connectivity index (χ1) is 9.88. The summed E-state index contributed by atoms with van der Waals surface area (Å²) in [6.45, 7) is 4.28. The zero-order valence-corrected chi connectivity index (χ0v) is 12.1. The molecule has 0 radical (unpaired) electrons. The number of carbonyl (C=O) groups excluding carboxylic acids is 1. The normalized spacial score (nSPS) is 25.4. The van der Waals surface area contributed by atoms with E-state index in [-0.39, 0.29) is 17.5 Å². The van der Waals surface area contributed by atoms with Crippen molar-refractivity contribution in [1.82, 2.24) is 5.32 Å². The third-order valence-corrected chi connectivity index (χ3v) is 4.15. The van der Waals surface area contributed by atoms with Gasteiger partial charge in [0.15, 0.2) is 0 Å². The van der Waals surface area contributed by atoms with Crippen molar-refractivity contribution in [2.45, 2.75) is 39.2 Å². The number of rotatable bonds is 3. The lowest BCUT2D eigenvalue weighted by Gasteiger charge is -2.33. The molecule has 5 nitrogen and oxygen atoms in total. The summed E-state index contributed by atoms with van der Waals surface area (Å²) in [4.78, 5) is 22.1. The van der Waals surface area contributed by atoms with Gasteiger partial charge in [-0.2, -0.15) is 4.39 Å². The Morgan fingerprint density at radius 3 is 2.71 bits per heavy atom. The molecule has 1 aliphatic carbocycles. The lowest BCUT2D eigenvalue weighted by atomic mass is 9.80. The van der Waals surface area contributed by atoms with Gasteiger partial charge in [0.05, 0.1) is 4.92 Å². The van der Waals surface area contributed by atoms with Gasteiger partial charge >= 0.3 is 5.69 Å². The Balaban J connectivity index is 2.10. The van der Waals surface area contributed by atoms with E-state index in [2.05, 4.69) is 19.2 Å². The molecule has 1 saturated carbocycles. The molecule has 3 unspecified atom stereocenters. The maximum Gasteiger partial charge on any atom is 0.305 e. The maximum atomic E-state index is 13.3. The van der Waals surface area contributed by atoms with Crippen LogP contribution in [0.5, 0.6) is 0 Å². The van der Waals surface area contributed by atoms with Crippen LogP contribution in [0.15, 0.2) is 18.2 Å². The molecule has 0 saturated heterocycles. The summed E-state index contributed by atoms with van der Waals surface area (Å²) in [5.41, 5.74) is -0.554. The molecule has 21 heavy (non-hydrogen) atoms. The number of nitrogens with zero attached hydrogens (tertiary/aromatic N) is 1. The summed E-state index contributed by atoms with van der Waals surface area (Å²) < 4.78 is 13.3. The van der Waals surface area contributed by atoms with Gasteiger partial charge in [-0.05, 0) is 43.2 Å². The standard InChI is InChI=1S/C15H19FN2O3/c1-9-3-6-13(10(2)7-9)17-15(19)11-4-5-12(16)14(8-11)18(20)21/h4-5,8-10,13H,3,6-7H2,1-2H3,(H,17,19). The van der Waals surface area contributed by atoms with Gasteiger partial charge in [0, 0.05) is 17.7 Å². The molecule has 114 valence electrons. The Hall–Kier alpha value is -1.98. The Morgan fingerprint density at radius 2 is 2.10 bits per heavy atom. The van der Waals surface area contributed by atoms with E-state index in [9.17, 15) is 19.3 Å². The third kappa shape index (κ3) is 3.56. The number of nitro groups is 1. The number of hydrogen-bond donors (Lipinski definition) is 1. The molecule has 0 heterocycles. The number of hydrogen-bond acceptors (Lipinski definition) is 3. The molecule has 1 aromatic rings. The largest absolute Gasteiger partial charge is 0.349 e. The van der Waals surface area contributed by atoms with Crippen LogP contribution in [-0.2, 0) is 0 Å². The Kier molecular flexibility index (Phi) is 4.55. The Labute approximate surface area is 122 Å². The van der Waals surface area contributed by atoms with Crippen LogP contribution in [0, 0.1) is 27.8 Å². The first-order valence-electron chi connectivity index (χ1n) is 7.13. The monoisotopic (exact) mass is 294 g/mol. The second-order valence-electron chi connectivity index (χ2n) is 5.90. The molecule has 1 aliphatic rings. The van der Waals surface area contributed by atoms with Crippen molar-refractivity contribution in [3.8, 4) is 0 Å². The highest BCUT2D eigenvalue weighted by Crippen LogP contribution is 2.29. The van der Waals surface area contributed by atoms with E-state index in [4.69, 9.17) is 0 Å². The summed E-state index contributed by atoms with van der Waals surface area (Å²) in [6.07, 6.45) is 3.00. The number of nitro benzene ring substituents is 1. The highest BCUT2D eigenvalue weighted by molar-refractivity contribution is 5.95. The first kappa shape index (κ1) is 15.4. The van der Waals surface area contributed by atoms with E-state index in [1.165, 1.54) is 6.07 Å². The van der Waals surface area contributed by atoms with E-state index < -0.39 is 16.4 Å². The van der Waals surface area contributed by atoms with Crippen molar-refractivity contribution in [3.05, 3.63) is 39.7 Å². The average molecular weight is 294 g/mol. The fourth-order valence-corrected chi connectivity index (χ4v) is 2.93. The minimum atomic E-state index is -0.934. The molecular formula is C15H19FN2O3. The molecule has 1 amide bonds. The lowest BCUT2D eigenvalue weighted by molar-refractivity contribution is -0.387. The van der Waals surface area contributed by atoms with Gasteiger partial charge in [0.25, 0.3) is 5.91 Å². The average Bonchev–Trinajstić information content (AvgIpc) is 2.42. The minimum Gasteiger partial charge on any atom is -0.349 e. The fourth-order valence-electron chi connectivity index (χ4n) is 2.93. The van der Waals surface area contributed by atoms with E-state index in [0.717, 1.165) is 31.4 Å². The van der Waals surface area contributed by atoms with Crippen LogP contribution in [0.1, 0.15) is 43.5 Å². The number of carbonyl (C=O) groups is 1. The van der Waals surface area contributed by atoms with Gasteiger partial charge in [-0.3, -0.25) is 14.9 Å². The van der Waals surface area contributed by atoms with Gasteiger partial charge in [-0.1, -0.05) is 13.8 Å². The molecule has 0 aliphatic heterocycles. The molecule has 6 heteroatoms. The SMILES string of the molecule is CC1CCC(NC(=O)c2ccc(F)c([N+](=O)[O-])c2)C(C)C1. The summed E-state index contributed by atoms with van der Waals surface area (Å²) >= 11 is 0. The number of benzene rings is 1. The molecule has 3 atom stereocenters. The summed E-state index contributed by atoms with van der Waals surface area (Å²) in [7, 11) is 0. The predicted octanol–water partition coefficient (Wildman–Crippen LogP) is 3.29. The molecule has 1 fully saturated rings. The zero-order valence-electron chi connectivity index (χ0n) is 12.1. The molecule has 0 spiro atoms. The highest BCUT2D eigenvalue weighted by Gasteiger charge is 2.27. The first-order valence-corrected chi connectivity index (χ1v) is 7.13. The molecule has 1 aromatic carbocycles. The van der Waals surface area contributed by atoms with E-state index in [1.54, 1.807) is 0 Å². The zero-order chi connectivity index (χ0) is 15.6.